The Balaban J connectivity index is 1.85. The first kappa shape index (κ1) is 16.5. The smallest absolute Gasteiger partial charge is 0.263 e. The molecule has 1 aromatic heterocycles. The number of aryl methyl sites for hydroxylation is 1. The Labute approximate surface area is 134 Å². The molecule has 7 nitrogen and oxygen atoms in total. The SMILES string of the molecule is Cc1cc(NC(=O)CN(C)C(=O)C(C)Oc2ccccc2)no1. The van der Waals surface area contributed by atoms with Crippen molar-refractivity contribution in [2.24, 2.45) is 0 Å². The standard InChI is InChI=1S/C16H19N3O4/c1-11-9-14(18-23-11)17-15(20)10-19(3)16(21)12(2)22-13-7-5-4-6-8-13/h4-9,12H,10H2,1-3H3,(H,17,18,20). The number of benzene rings is 1. The second-order valence-electron chi connectivity index (χ2n) is 5.14. The summed E-state index contributed by atoms with van der Waals surface area (Å²) in [6.45, 7) is 3.26. The minimum Gasteiger partial charge on any atom is -0.481 e. The van der Waals surface area contributed by atoms with Crippen molar-refractivity contribution in [3.05, 3.63) is 42.2 Å². The normalized spacial score (nSPS) is 11.6. The molecule has 1 unspecified atom stereocenters. The molecule has 0 fully saturated rings. The first-order valence-corrected chi connectivity index (χ1v) is 7.15. The second kappa shape index (κ2) is 7.44. The highest BCUT2D eigenvalue weighted by Gasteiger charge is 2.21. The van der Waals surface area contributed by atoms with E-state index in [0.29, 0.717) is 17.3 Å². The van der Waals surface area contributed by atoms with E-state index in [1.807, 2.05) is 18.2 Å². The maximum Gasteiger partial charge on any atom is 0.263 e. The summed E-state index contributed by atoms with van der Waals surface area (Å²) in [4.78, 5) is 25.4. The van der Waals surface area contributed by atoms with Crippen LogP contribution in [-0.4, -0.2) is 41.6 Å². The van der Waals surface area contributed by atoms with Gasteiger partial charge in [0.15, 0.2) is 11.9 Å². The monoisotopic (exact) mass is 317 g/mol. The van der Waals surface area contributed by atoms with Crippen LogP contribution in [0.2, 0.25) is 0 Å². The first-order valence-electron chi connectivity index (χ1n) is 7.15. The van der Waals surface area contributed by atoms with Gasteiger partial charge < -0.3 is 19.5 Å². The van der Waals surface area contributed by atoms with Gasteiger partial charge in [-0.3, -0.25) is 9.59 Å². The van der Waals surface area contributed by atoms with Gasteiger partial charge >= 0.3 is 0 Å². The quantitative estimate of drug-likeness (QED) is 0.879. The third-order valence-electron chi connectivity index (χ3n) is 3.06. The molecule has 0 aliphatic carbocycles. The Kier molecular flexibility index (Phi) is 5.35. The van der Waals surface area contributed by atoms with Crippen molar-refractivity contribution >= 4 is 17.6 Å². The van der Waals surface area contributed by atoms with Gasteiger partial charge in [0.05, 0.1) is 6.54 Å². The van der Waals surface area contributed by atoms with Crippen molar-refractivity contribution in [3.8, 4) is 5.75 Å². The molecule has 0 saturated carbocycles. The van der Waals surface area contributed by atoms with Crippen LogP contribution in [0.4, 0.5) is 5.82 Å². The van der Waals surface area contributed by atoms with E-state index in [1.165, 1.54) is 4.90 Å². The lowest BCUT2D eigenvalue weighted by Crippen LogP contribution is -2.42. The number of para-hydroxylation sites is 1. The molecule has 0 aliphatic heterocycles. The number of hydrogen-bond acceptors (Lipinski definition) is 5. The molecular weight excluding hydrogens is 298 g/mol. The van der Waals surface area contributed by atoms with Gasteiger partial charge in [-0.15, -0.1) is 0 Å². The van der Waals surface area contributed by atoms with E-state index in [0.717, 1.165) is 0 Å². The van der Waals surface area contributed by atoms with Crippen molar-refractivity contribution < 1.29 is 18.8 Å². The summed E-state index contributed by atoms with van der Waals surface area (Å²) in [5.41, 5.74) is 0. The zero-order valence-electron chi connectivity index (χ0n) is 13.3. The largest absolute Gasteiger partial charge is 0.481 e. The number of carbonyl (C=O) groups excluding carboxylic acids is 2. The van der Waals surface area contributed by atoms with E-state index in [1.54, 1.807) is 39.1 Å². The average Bonchev–Trinajstić information content (AvgIpc) is 2.92. The van der Waals surface area contributed by atoms with Crippen LogP contribution in [0, 0.1) is 6.92 Å². The summed E-state index contributed by atoms with van der Waals surface area (Å²) >= 11 is 0. The fourth-order valence-corrected chi connectivity index (χ4v) is 1.96. The van der Waals surface area contributed by atoms with Crippen LogP contribution >= 0.6 is 0 Å². The van der Waals surface area contributed by atoms with Crippen molar-refractivity contribution in [1.82, 2.24) is 10.1 Å². The van der Waals surface area contributed by atoms with E-state index in [4.69, 9.17) is 9.26 Å². The highest BCUT2D eigenvalue weighted by atomic mass is 16.5. The number of carbonyl (C=O) groups is 2. The van der Waals surface area contributed by atoms with Gasteiger partial charge in [-0.25, -0.2) is 0 Å². The summed E-state index contributed by atoms with van der Waals surface area (Å²) in [5.74, 6) is 0.863. The molecule has 1 aromatic carbocycles. The highest BCUT2D eigenvalue weighted by molar-refractivity contribution is 5.94. The molecule has 0 aliphatic rings. The highest BCUT2D eigenvalue weighted by Crippen LogP contribution is 2.12. The van der Waals surface area contributed by atoms with Gasteiger partial charge in [0.25, 0.3) is 5.91 Å². The van der Waals surface area contributed by atoms with Crippen LogP contribution in [0.15, 0.2) is 40.9 Å². The Hall–Kier alpha value is -2.83. The second-order valence-corrected chi connectivity index (χ2v) is 5.14. The molecule has 7 heteroatoms. The molecule has 2 rings (SSSR count). The molecule has 2 aromatic rings. The third kappa shape index (κ3) is 4.84. The Morgan fingerprint density at radius 1 is 1.35 bits per heavy atom. The van der Waals surface area contributed by atoms with Gasteiger partial charge in [0, 0.05) is 13.1 Å². The minimum atomic E-state index is -0.690. The average molecular weight is 317 g/mol. The summed E-state index contributed by atoms with van der Waals surface area (Å²) in [7, 11) is 1.54. The molecule has 23 heavy (non-hydrogen) atoms. The third-order valence-corrected chi connectivity index (χ3v) is 3.06. The van der Waals surface area contributed by atoms with Crippen LogP contribution in [0.1, 0.15) is 12.7 Å². The molecule has 2 amide bonds. The summed E-state index contributed by atoms with van der Waals surface area (Å²) < 4.78 is 10.4. The predicted molar refractivity (Wildman–Crippen MR) is 84.0 cm³/mol. The van der Waals surface area contributed by atoms with E-state index >= 15 is 0 Å². The maximum atomic E-state index is 12.2. The molecule has 0 radical (unpaired) electrons. The Morgan fingerprint density at radius 2 is 2.04 bits per heavy atom. The molecule has 122 valence electrons. The van der Waals surface area contributed by atoms with Gasteiger partial charge in [-0.2, -0.15) is 0 Å². The predicted octanol–water partition coefficient (Wildman–Crippen LogP) is 1.85. The lowest BCUT2D eigenvalue weighted by molar-refractivity contribution is -0.139. The van der Waals surface area contributed by atoms with Crippen molar-refractivity contribution in [2.75, 3.05) is 18.9 Å². The first-order chi connectivity index (χ1) is 11.0. The molecular formula is C16H19N3O4. The lowest BCUT2D eigenvalue weighted by Gasteiger charge is -2.21. The summed E-state index contributed by atoms with van der Waals surface area (Å²) in [6, 6.07) is 10.6. The number of likely N-dealkylation sites (N-methyl/N-ethyl adjacent to an activating group) is 1. The fraction of sp³-hybridized carbons (Fsp3) is 0.312. The number of amides is 2. The topological polar surface area (TPSA) is 84.7 Å². The lowest BCUT2D eigenvalue weighted by atomic mass is 10.3. The van der Waals surface area contributed by atoms with Crippen LogP contribution < -0.4 is 10.1 Å². The van der Waals surface area contributed by atoms with Crippen molar-refractivity contribution in [2.45, 2.75) is 20.0 Å². The Morgan fingerprint density at radius 3 is 2.65 bits per heavy atom. The summed E-state index contributed by atoms with van der Waals surface area (Å²) in [6.07, 6.45) is -0.690. The van der Waals surface area contributed by atoms with Crippen LogP contribution in [0.25, 0.3) is 0 Å². The molecule has 1 heterocycles. The van der Waals surface area contributed by atoms with E-state index < -0.39 is 6.10 Å². The molecule has 0 bridgehead atoms. The van der Waals surface area contributed by atoms with Crippen LogP contribution in [0.3, 0.4) is 0 Å². The molecule has 0 saturated heterocycles. The number of anilines is 1. The van der Waals surface area contributed by atoms with Gasteiger partial charge in [0.1, 0.15) is 11.5 Å². The number of hydrogen-bond donors (Lipinski definition) is 1. The van der Waals surface area contributed by atoms with E-state index in [-0.39, 0.29) is 18.4 Å². The van der Waals surface area contributed by atoms with Gasteiger partial charge in [-0.05, 0) is 26.0 Å². The zero-order valence-corrected chi connectivity index (χ0v) is 13.3. The van der Waals surface area contributed by atoms with Crippen molar-refractivity contribution in [3.63, 3.8) is 0 Å². The molecule has 0 spiro atoms. The van der Waals surface area contributed by atoms with Crippen LogP contribution in [0.5, 0.6) is 5.75 Å². The maximum absolute atomic E-state index is 12.2. The van der Waals surface area contributed by atoms with Crippen LogP contribution in [-0.2, 0) is 9.59 Å². The zero-order chi connectivity index (χ0) is 16.8. The number of nitrogens with zero attached hydrogens (tertiary/aromatic N) is 2. The number of ether oxygens (including phenoxy) is 1. The van der Waals surface area contributed by atoms with Gasteiger partial charge in [-0.1, -0.05) is 23.4 Å². The number of nitrogens with one attached hydrogen (secondary N) is 1. The van der Waals surface area contributed by atoms with Crippen molar-refractivity contribution in [1.29, 1.82) is 0 Å². The Bertz CT molecular complexity index is 669. The molecule has 1 N–H and O–H groups in total. The number of aromatic nitrogens is 1. The fourth-order valence-electron chi connectivity index (χ4n) is 1.96. The van der Waals surface area contributed by atoms with E-state index in [2.05, 4.69) is 10.5 Å². The number of rotatable bonds is 6. The summed E-state index contributed by atoms with van der Waals surface area (Å²) in [5, 5.41) is 6.22. The van der Waals surface area contributed by atoms with E-state index in [9.17, 15) is 9.59 Å². The molecule has 1 atom stereocenters. The minimum absolute atomic E-state index is 0.104. The van der Waals surface area contributed by atoms with Gasteiger partial charge in [0.2, 0.25) is 5.91 Å².